The smallest absolute Gasteiger partial charge is 0.0772 e. The Bertz CT molecular complexity index is 291. The summed E-state index contributed by atoms with van der Waals surface area (Å²) < 4.78 is 2.92. The Labute approximate surface area is 87.4 Å². The molecule has 3 nitrogen and oxygen atoms in total. The molecule has 0 fully saturated rings. The normalized spacial score (nSPS) is 11.2. The average Bonchev–Trinajstić information content (AvgIpc) is 2.26. The molecule has 1 heterocycles. The molecule has 2 N–H and O–H groups in total. The van der Waals surface area contributed by atoms with E-state index in [2.05, 4.69) is 34.9 Å². The van der Waals surface area contributed by atoms with Gasteiger partial charge < -0.3 is 5.73 Å². The van der Waals surface area contributed by atoms with Crippen molar-refractivity contribution in [3.63, 3.8) is 0 Å². The van der Waals surface area contributed by atoms with Crippen LogP contribution in [0.3, 0.4) is 0 Å². The summed E-state index contributed by atoms with van der Waals surface area (Å²) in [5, 5.41) is 4.41. The lowest BCUT2D eigenvalue weighted by atomic mass is 10.1. The van der Waals surface area contributed by atoms with Crippen LogP contribution in [-0.2, 0) is 20.0 Å². The highest BCUT2D eigenvalue weighted by Crippen LogP contribution is 2.22. The Kier molecular flexibility index (Phi) is 3.50. The van der Waals surface area contributed by atoms with Gasteiger partial charge in [-0.2, -0.15) is 5.10 Å². The van der Waals surface area contributed by atoms with Gasteiger partial charge >= 0.3 is 0 Å². The minimum Gasteiger partial charge on any atom is -0.325 e. The van der Waals surface area contributed by atoms with E-state index in [1.807, 2.05) is 11.7 Å². The van der Waals surface area contributed by atoms with Crippen molar-refractivity contribution < 1.29 is 0 Å². The third kappa shape index (κ3) is 2.31. The van der Waals surface area contributed by atoms with Crippen molar-refractivity contribution in [3.8, 4) is 0 Å². The van der Waals surface area contributed by atoms with Crippen LogP contribution in [0.5, 0.6) is 0 Å². The molecule has 4 heteroatoms. The van der Waals surface area contributed by atoms with Gasteiger partial charge in [-0.05, 0) is 28.3 Å². The molecule has 0 spiro atoms. The predicted octanol–water partition coefficient (Wildman–Crippen LogP) is 1.84. The number of aryl methyl sites for hydroxylation is 1. The van der Waals surface area contributed by atoms with E-state index in [1.165, 1.54) is 0 Å². The van der Waals surface area contributed by atoms with Crippen LogP contribution in [0.15, 0.2) is 4.47 Å². The summed E-state index contributed by atoms with van der Waals surface area (Å²) in [6.07, 6.45) is 0.994. The second-order valence-corrected chi connectivity index (χ2v) is 4.43. The number of nitrogens with two attached hydrogens (primary N) is 1. The van der Waals surface area contributed by atoms with Crippen LogP contribution in [0.4, 0.5) is 0 Å². The Morgan fingerprint density at radius 1 is 1.54 bits per heavy atom. The maximum absolute atomic E-state index is 5.60. The first-order valence-electron chi connectivity index (χ1n) is 4.46. The third-order valence-electron chi connectivity index (χ3n) is 1.96. The van der Waals surface area contributed by atoms with Crippen molar-refractivity contribution in [3.05, 3.63) is 15.9 Å². The highest BCUT2D eigenvalue weighted by molar-refractivity contribution is 9.10. The summed E-state index contributed by atoms with van der Waals surface area (Å²) in [6.45, 7) is 4.90. The zero-order chi connectivity index (χ0) is 10.0. The van der Waals surface area contributed by atoms with E-state index in [1.54, 1.807) is 0 Å². The fraction of sp³-hybridized carbons (Fsp3) is 0.667. The van der Waals surface area contributed by atoms with Crippen molar-refractivity contribution in [1.82, 2.24) is 9.78 Å². The molecule has 0 atom stereocenters. The fourth-order valence-corrected chi connectivity index (χ4v) is 1.99. The SMILES string of the molecule is CC(C)Cc1nn(C)c(CN)c1Br. The van der Waals surface area contributed by atoms with E-state index in [0.29, 0.717) is 12.5 Å². The first-order valence-corrected chi connectivity index (χ1v) is 5.25. The van der Waals surface area contributed by atoms with Gasteiger partial charge in [-0.3, -0.25) is 4.68 Å². The Morgan fingerprint density at radius 2 is 2.15 bits per heavy atom. The molecule has 0 amide bonds. The lowest BCUT2D eigenvalue weighted by Gasteiger charge is -2.00. The number of rotatable bonds is 3. The molecular formula is C9H16BrN3. The molecule has 1 aromatic rings. The summed E-state index contributed by atoms with van der Waals surface area (Å²) >= 11 is 3.53. The van der Waals surface area contributed by atoms with Crippen molar-refractivity contribution >= 4 is 15.9 Å². The molecule has 74 valence electrons. The maximum Gasteiger partial charge on any atom is 0.0772 e. The van der Waals surface area contributed by atoms with E-state index in [-0.39, 0.29) is 0 Å². The zero-order valence-electron chi connectivity index (χ0n) is 8.34. The van der Waals surface area contributed by atoms with Crippen molar-refractivity contribution in [1.29, 1.82) is 0 Å². The molecule has 0 saturated heterocycles. The van der Waals surface area contributed by atoms with E-state index in [0.717, 1.165) is 22.3 Å². The lowest BCUT2D eigenvalue weighted by molar-refractivity contribution is 0.616. The minimum absolute atomic E-state index is 0.530. The van der Waals surface area contributed by atoms with Crippen LogP contribution in [0.25, 0.3) is 0 Å². The molecular weight excluding hydrogens is 230 g/mol. The first kappa shape index (κ1) is 10.7. The predicted molar refractivity (Wildman–Crippen MR) is 57.3 cm³/mol. The molecule has 0 aliphatic carbocycles. The van der Waals surface area contributed by atoms with Crippen molar-refractivity contribution in [2.75, 3.05) is 0 Å². The summed E-state index contributed by atoms with van der Waals surface area (Å²) in [5.74, 6) is 0.622. The van der Waals surface area contributed by atoms with Gasteiger partial charge in [0.2, 0.25) is 0 Å². The van der Waals surface area contributed by atoms with Gasteiger partial charge in [0.25, 0.3) is 0 Å². The average molecular weight is 246 g/mol. The third-order valence-corrected chi connectivity index (χ3v) is 2.88. The molecule has 0 aliphatic rings. The quantitative estimate of drug-likeness (QED) is 0.884. The van der Waals surface area contributed by atoms with Gasteiger partial charge in [-0.15, -0.1) is 0 Å². The zero-order valence-corrected chi connectivity index (χ0v) is 9.93. The molecule has 0 saturated carbocycles. The molecule has 0 aliphatic heterocycles. The molecule has 0 radical (unpaired) electrons. The first-order chi connectivity index (χ1) is 6.06. The molecule has 13 heavy (non-hydrogen) atoms. The van der Waals surface area contributed by atoms with Crippen LogP contribution in [0.1, 0.15) is 25.2 Å². The Balaban J connectivity index is 2.96. The summed E-state index contributed by atoms with van der Waals surface area (Å²) in [4.78, 5) is 0. The number of hydrogen-bond donors (Lipinski definition) is 1. The van der Waals surface area contributed by atoms with Crippen LogP contribution in [0, 0.1) is 5.92 Å². The van der Waals surface area contributed by atoms with Crippen LogP contribution in [-0.4, -0.2) is 9.78 Å². The molecule has 1 rings (SSSR count). The van der Waals surface area contributed by atoms with Crippen molar-refractivity contribution in [2.45, 2.75) is 26.8 Å². The number of aromatic nitrogens is 2. The summed E-state index contributed by atoms with van der Waals surface area (Å²) in [6, 6.07) is 0. The van der Waals surface area contributed by atoms with Gasteiger partial charge in [0.05, 0.1) is 15.9 Å². The summed E-state index contributed by atoms with van der Waals surface area (Å²) in [7, 11) is 1.93. The van der Waals surface area contributed by atoms with E-state index in [4.69, 9.17) is 5.73 Å². The monoisotopic (exact) mass is 245 g/mol. The Morgan fingerprint density at radius 3 is 2.54 bits per heavy atom. The van der Waals surface area contributed by atoms with Crippen LogP contribution in [0.2, 0.25) is 0 Å². The van der Waals surface area contributed by atoms with Gasteiger partial charge in [0.1, 0.15) is 0 Å². The maximum atomic E-state index is 5.60. The van der Waals surface area contributed by atoms with Gasteiger partial charge in [-0.25, -0.2) is 0 Å². The van der Waals surface area contributed by atoms with Gasteiger partial charge in [0, 0.05) is 13.6 Å². The van der Waals surface area contributed by atoms with Gasteiger partial charge in [-0.1, -0.05) is 13.8 Å². The number of hydrogen-bond acceptors (Lipinski definition) is 2. The standard InChI is InChI=1S/C9H16BrN3/c1-6(2)4-7-9(10)8(5-11)13(3)12-7/h6H,4-5,11H2,1-3H3. The molecule has 0 unspecified atom stereocenters. The molecule has 0 bridgehead atoms. The fourth-order valence-electron chi connectivity index (χ4n) is 1.33. The number of nitrogens with zero attached hydrogens (tertiary/aromatic N) is 2. The highest BCUT2D eigenvalue weighted by Gasteiger charge is 2.12. The second-order valence-electron chi connectivity index (χ2n) is 3.63. The van der Waals surface area contributed by atoms with Gasteiger partial charge in [0.15, 0.2) is 0 Å². The summed E-state index contributed by atoms with van der Waals surface area (Å²) in [5.41, 5.74) is 7.78. The van der Waals surface area contributed by atoms with E-state index < -0.39 is 0 Å². The van der Waals surface area contributed by atoms with E-state index >= 15 is 0 Å². The minimum atomic E-state index is 0.530. The second kappa shape index (κ2) is 4.24. The van der Waals surface area contributed by atoms with Crippen LogP contribution < -0.4 is 5.73 Å². The molecule has 0 aromatic carbocycles. The Hall–Kier alpha value is -0.350. The number of halogens is 1. The largest absolute Gasteiger partial charge is 0.325 e. The van der Waals surface area contributed by atoms with Crippen molar-refractivity contribution in [2.24, 2.45) is 18.7 Å². The van der Waals surface area contributed by atoms with Crippen LogP contribution >= 0.6 is 15.9 Å². The molecule has 1 aromatic heterocycles. The lowest BCUT2D eigenvalue weighted by Crippen LogP contribution is -2.04. The van der Waals surface area contributed by atoms with E-state index in [9.17, 15) is 0 Å². The highest BCUT2D eigenvalue weighted by atomic mass is 79.9. The topological polar surface area (TPSA) is 43.8 Å².